The van der Waals surface area contributed by atoms with Crippen LogP contribution in [-0.4, -0.2) is 45.2 Å². The second kappa shape index (κ2) is 6.73. The molecule has 0 saturated carbocycles. The van der Waals surface area contributed by atoms with E-state index >= 15 is 0 Å². The van der Waals surface area contributed by atoms with E-state index in [9.17, 15) is 13.2 Å². The predicted molar refractivity (Wildman–Crippen MR) is 91.8 cm³/mol. The third-order valence-electron chi connectivity index (χ3n) is 3.90. The van der Waals surface area contributed by atoms with Gasteiger partial charge in [-0.15, -0.1) is 11.3 Å². The summed E-state index contributed by atoms with van der Waals surface area (Å²) in [5, 5.41) is 10.1. The minimum atomic E-state index is -3.68. The molecule has 0 spiro atoms. The fraction of sp³-hybridized carbons (Fsp3) is 0.250. The average molecular weight is 361 g/mol. The molecule has 0 bridgehead atoms. The van der Waals surface area contributed by atoms with Gasteiger partial charge < -0.3 is 4.90 Å². The standard InChI is InChI=1S/C16H15N3O3S2/c17-11-13-3-1-2-4-15(13)24(21,22)19-9-7-18(8-10-19)16-6-5-14(12-20)23-16/h1-6,12H,7-10H2. The molecule has 0 radical (unpaired) electrons. The first-order valence-electron chi connectivity index (χ1n) is 7.35. The van der Waals surface area contributed by atoms with Gasteiger partial charge in [0.05, 0.1) is 20.3 Å². The van der Waals surface area contributed by atoms with Gasteiger partial charge in [0, 0.05) is 26.2 Å². The molecule has 8 heteroatoms. The number of rotatable bonds is 4. The van der Waals surface area contributed by atoms with Crippen LogP contribution in [0.25, 0.3) is 0 Å². The van der Waals surface area contributed by atoms with E-state index < -0.39 is 10.0 Å². The number of hydrogen-bond donors (Lipinski definition) is 0. The first-order chi connectivity index (χ1) is 11.6. The van der Waals surface area contributed by atoms with Gasteiger partial charge in [-0.1, -0.05) is 12.1 Å². The third-order valence-corrected chi connectivity index (χ3v) is 6.93. The van der Waals surface area contributed by atoms with Crippen molar-refractivity contribution in [3.8, 4) is 6.07 Å². The maximum Gasteiger partial charge on any atom is 0.244 e. The summed E-state index contributed by atoms with van der Waals surface area (Å²) in [6, 6.07) is 11.8. The van der Waals surface area contributed by atoms with E-state index in [4.69, 9.17) is 5.26 Å². The SMILES string of the molecule is N#Cc1ccccc1S(=O)(=O)N1CCN(c2ccc(C=O)s2)CC1. The molecule has 0 N–H and O–H groups in total. The van der Waals surface area contributed by atoms with Crippen LogP contribution in [0, 0.1) is 11.3 Å². The average Bonchev–Trinajstić information content (AvgIpc) is 3.11. The zero-order valence-electron chi connectivity index (χ0n) is 12.8. The van der Waals surface area contributed by atoms with Crippen LogP contribution in [0.2, 0.25) is 0 Å². The third kappa shape index (κ3) is 3.06. The molecule has 2 aromatic rings. The number of carbonyl (C=O) groups excluding carboxylic acids is 1. The number of piperazine rings is 1. The maximum atomic E-state index is 12.8. The summed E-state index contributed by atoms with van der Waals surface area (Å²) in [6.45, 7) is 1.78. The van der Waals surface area contributed by atoms with Gasteiger partial charge in [0.25, 0.3) is 0 Å². The number of benzene rings is 1. The highest BCUT2D eigenvalue weighted by Crippen LogP contribution is 2.27. The number of carbonyl (C=O) groups is 1. The molecule has 0 aliphatic carbocycles. The molecule has 3 rings (SSSR count). The van der Waals surface area contributed by atoms with E-state index in [2.05, 4.69) is 4.90 Å². The quantitative estimate of drug-likeness (QED) is 0.778. The summed E-state index contributed by atoms with van der Waals surface area (Å²) in [7, 11) is -3.68. The van der Waals surface area contributed by atoms with Crippen molar-refractivity contribution in [3.05, 3.63) is 46.8 Å². The number of sulfonamides is 1. The lowest BCUT2D eigenvalue weighted by molar-refractivity contribution is 0.112. The van der Waals surface area contributed by atoms with Gasteiger partial charge in [-0.2, -0.15) is 9.57 Å². The lowest BCUT2D eigenvalue weighted by Crippen LogP contribution is -2.48. The van der Waals surface area contributed by atoms with Crippen molar-refractivity contribution in [2.75, 3.05) is 31.1 Å². The van der Waals surface area contributed by atoms with E-state index in [1.165, 1.54) is 27.8 Å². The van der Waals surface area contributed by atoms with Crippen LogP contribution in [0.4, 0.5) is 5.00 Å². The topological polar surface area (TPSA) is 81.5 Å². The molecular formula is C16H15N3O3S2. The van der Waals surface area contributed by atoms with Crippen LogP contribution < -0.4 is 4.90 Å². The lowest BCUT2D eigenvalue weighted by Gasteiger charge is -2.34. The summed E-state index contributed by atoms with van der Waals surface area (Å²) in [5.74, 6) is 0. The number of nitriles is 1. The predicted octanol–water partition coefficient (Wildman–Crippen LogP) is 1.94. The van der Waals surface area contributed by atoms with Crippen LogP contribution in [0.15, 0.2) is 41.3 Å². The second-order valence-corrected chi connectivity index (χ2v) is 8.29. The number of nitrogens with zero attached hydrogens (tertiary/aromatic N) is 3. The molecule has 1 saturated heterocycles. The van der Waals surface area contributed by atoms with Crippen molar-refractivity contribution in [1.29, 1.82) is 5.26 Å². The van der Waals surface area contributed by atoms with Crippen molar-refractivity contribution in [1.82, 2.24) is 4.31 Å². The molecule has 124 valence electrons. The zero-order chi connectivity index (χ0) is 17.2. The Labute approximate surface area is 144 Å². The van der Waals surface area contributed by atoms with E-state index in [0.29, 0.717) is 31.1 Å². The first kappa shape index (κ1) is 16.6. The van der Waals surface area contributed by atoms with Crippen molar-refractivity contribution < 1.29 is 13.2 Å². The van der Waals surface area contributed by atoms with E-state index in [1.54, 1.807) is 18.2 Å². The fourth-order valence-corrected chi connectivity index (χ4v) is 5.09. The Morgan fingerprint density at radius 3 is 2.42 bits per heavy atom. The Kier molecular flexibility index (Phi) is 4.66. The summed E-state index contributed by atoms with van der Waals surface area (Å²) >= 11 is 1.40. The van der Waals surface area contributed by atoms with Gasteiger partial charge in [-0.25, -0.2) is 8.42 Å². The largest absolute Gasteiger partial charge is 0.361 e. The van der Waals surface area contributed by atoms with Crippen molar-refractivity contribution in [2.45, 2.75) is 4.90 Å². The van der Waals surface area contributed by atoms with E-state index in [-0.39, 0.29) is 10.5 Å². The number of anilines is 1. The van der Waals surface area contributed by atoms with Gasteiger partial charge in [0.15, 0.2) is 6.29 Å². The lowest BCUT2D eigenvalue weighted by atomic mass is 10.2. The Hall–Kier alpha value is -2.21. The molecule has 1 aliphatic rings. The van der Waals surface area contributed by atoms with Crippen molar-refractivity contribution in [3.63, 3.8) is 0 Å². The number of aldehydes is 1. The fourth-order valence-electron chi connectivity index (χ4n) is 2.65. The minimum absolute atomic E-state index is 0.0558. The van der Waals surface area contributed by atoms with Crippen LogP contribution in [-0.2, 0) is 10.0 Å². The van der Waals surface area contributed by atoms with Gasteiger partial charge >= 0.3 is 0 Å². The molecule has 6 nitrogen and oxygen atoms in total. The Morgan fingerprint density at radius 2 is 1.79 bits per heavy atom. The van der Waals surface area contributed by atoms with Crippen molar-refractivity contribution in [2.24, 2.45) is 0 Å². The minimum Gasteiger partial charge on any atom is -0.361 e. The van der Waals surface area contributed by atoms with Crippen molar-refractivity contribution >= 4 is 32.6 Å². The Balaban J connectivity index is 1.76. The smallest absolute Gasteiger partial charge is 0.244 e. The highest BCUT2D eigenvalue weighted by molar-refractivity contribution is 7.89. The maximum absolute atomic E-state index is 12.8. The normalized spacial score (nSPS) is 15.9. The molecule has 24 heavy (non-hydrogen) atoms. The van der Waals surface area contributed by atoms with E-state index in [1.807, 2.05) is 12.1 Å². The van der Waals surface area contributed by atoms with Crippen LogP contribution in [0.3, 0.4) is 0 Å². The molecule has 1 aliphatic heterocycles. The van der Waals surface area contributed by atoms with Crippen LogP contribution in [0.1, 0.15) is 15.2 Å². The van der Waals surface area contributed by atoms with Crippen LogP contribution >= 0.6 is 11.3 Å². The summed E-state index contributed by atoms with van der Waals surface area (Å²) in [5.41, 5.74) is 0.161. The summed E-state index contributed by atoms with van der Waals surface area (Å²) < 4.78 is 27.0. The molecule has 1 aromatic heterocycles. The molecule has 1 aromatic carbocycles. The molecule has 0 unspecified atom stereocenters. The first-order valence-corrected chi connectivity index (χ1v) is 9.61. The van der Waals surface area contributed by atoms with Gasteiger partial charge in [0.2, 0.25) is 10.0 Å². The molecule has 1 fully saturated rings. The van der Waals surface area contributed by atoms with Gasteiger partial charge in [-0.3, -0.25) is 4.79 Å². The molecule has 0 amide bonds. The summed E-state index contributed by atoms with van der Waals surface area (Å²) in [6.07, 6.45) is 0.813. The summed E-state index contributed by atoms with van der Waals surface area (Å²) in [4.78, 5) is 13.6. The highest BCUT2D eigenvalue weighted by atomic mass is 32.2. The van der Waals surface area contributed by atoms with Crippen LogP contribution in [0.5, 0.6) is 0 Å². The second-order valence-electron chi connectivity index (χ2n) is 5.29. The number of hydrogen-bond acceptors (Lipinski definition) is 6. The molecule has 2 heterocycles. The molecular weight excluding hydrogens is 346 g/mol. The van der Waals surface area contributed by atoms with E-state index in [0.717, 1.165) is 11.3 Å². The van der Waals surface area contributed by atoms with Gasteiger partial charge in [0.1, 0.15) is 6.07 Å². The molecule has 0 atom stereocenters. The zero-order valence-corrected chi connectivity index (χ0v) is 14.4. The monoisotopic (exact) mass is 361 g/mol. The van der Waals surface area contributed by atoms with Gasteiger partial charge in [-0.05, 0) is 24.3 Å². The Morgan fingerprint density at radius 1 is 1.08 bits per heavy atom. The Bertz CT molecular complexity index is 891. The number of thiophene rings is 1. The highest BCUT2D eigenvalue weighted by Gasteiger charge is 2.30.